The van der Waals surface area contributed by atoms with Gasteiger partial charge in [0.25, 0.3) is 0 Å². The smallest absolute Gasteiger partial charge is 0.330 e. The molecule has 8 heteroatoms. The zero-order chi connectivity index (χ0) is 17.7. The molecule has 0 atom stereocenters. The highest BCUT2D eigenvalue weighted by Crippen LogP contribution is 2.29. The molecular formula is C17H17FN4O2S. The van der Waals surface area contributed by atoms with Gasteiger partial charge < -0.3 is 4.90 Å². The minimum atomic E-state index is -0.955. The number of hydrogen-bond donors (Lipinski definition) is 0. The molecule has 0 radical (unpaired) electrons. The summed E-state index contributed by atoms with van der Waals surface area (Å²) in [5.74, 6) is -0.249. The predicted molar refractivity (Wildman–Crippen MR) is 94.5 cm³/mol. The van der Waals surface area contributed by atoms with Gasteiger partial charge in [0.1, 0.15) is 12.7 Å². The van der Waals surface area contributed by atoms with Crippen molar-refractivity contribution in [2.45, 2.75) is 19.6 Å². The van der Waals surface area contributed by atoms with Gasteiger partial charge in [0.2, 0.25) is 5.91 Å². The van der Waals surface area contributed by atoms with Gasteiger partial charge >= 0.3 is 5.69 Å². The normalized spacial score (nSPS) is 14.9. The molecular weight excluding hydrogens is 343 g/mol. The second-order valence-corrected chi connectivity index (χ2v) is 7.59. The van der Waals surface area contributed by atoms with Gasteiger partial charge in [0, 0.05) is 28.6 Å². The van der Waals surface area contributed by atoms with Gasteiger partial charge in [-0.2, -0.15) is 0 Å². The molecule has 0 aromatic carbocycles. The lowest BCUT2D eigenvalue weighted by Crippen LogP contribution is -2.52. The maximum absolute atomic E-state index is 13.0. The van der Waals surface area contributed by atoms with Crippen LogP contribution >= 0.6 is 11.3 Å². The zero-order valence-electron chi connectivity index (χ0n) is 13.9. The molecule has 3 aromatic heterocycles. The summed E-state index contributed by atoms with van der Waals surface area (Å²) in [6.07, 6.45) is 0.783. The highest BCUT2D eigenvalue weighted by molar-refractivity contribution is 7.15. The van der Waals surface area contributed by atoms with Crippen molar-refractivity contribution >= 4 is 28.4 Å². The van der Waals surface area contributed by atoms with Crippen molar-refractivity contribution in [1.29, 1.82) is 0 Å². The average molecular weight is 360 g/mol. The molecule has 1 aliphatic rings. The van der Waals surface area contributed by atoms with Crippen LogP contribution < -0.4 is 5.69 Å². The summed E-state index contributed by atoms with van der Waals surface area (Å²) in [7, 11) is 1.63. The Kier molecular flexibility index (Phi) is 3.72. The highest BCUT2D eigenvalue weighted by atomic mass is 32.1. The molecule has 1 aliphatic heterocycles. The van der Waals surface area contributed by atoms with Crippen LogP contribution in [-0.4, -0.2) is 44.2 Å². The van der Waals surface area contributed by atoms with Crippen LogP contribution in [0.15, 0.2) is 29.2 Å². The Bertz CT molecular complexity index is 1030. The van der Waals surface area contributed by atoms with Crippen LogP contribution in [0.2, 0.25) is 0 Å². The van der Waals surface area contributed by atoms with Crippen molar-refractivity contribution in [1.82, 2.24) is 19.0 Å². The fraction of sp³-hybridized carbons (Fsp3) is 0.353. The Balaban J connectivity index is 1.75. The van der Waals surface area contributed by atoms with Crippen molar-refractivity contribution < 1.29 is 9.18 Å². The van der Waals surface area contributed by atoms with E-state index in [1.165, 1.54) is 18.9 Å². The average Bonchev–Trinajstić information content (AvgIpc) is 3.09. The van der Waals surface area contributed by atoms with Crippen molar-refractivity contribution in [3.8, 4) is 10.4 Å². The largest absolute Gasteiger partial charge is 0.335 e. The Morgan fingerprint density at radius 1 is 1.40 bits per heavy atom. The first-order valence-corrected chi connectivity index (χ1v) is 8.79. The molecule has 1 amide bonds. The maximum atomic E-state index is 13.0. The van der Waals surface area contributed by atoms with Crippen molar-refractivity contribution in [2.75, 3.05) is 13.1 Å². The minimum absolute atomic E-state index is 0.0997. The topological polar surface area (TPSA) is 60.1 Å². The third-order valence-corrected chi connectivity index (χ3v) is 5.53. The molecule has 1 saturated heterocycles. The summed E-state index contributed by atoms with van der Waals surface area (Å²) in [4.78, 5) is 32.9. The number of aryl methyl sites for hydroxylation is 2. The second kappa shape index (κ2) is 5.80. The molecule has 0 saturated carbocycles. The number of rotatable bonds is 3. The van der Waals surface area contributed by atoms with Gasteiger partial charge in [-0.15, -0.1) is 11.3 Å². The lowest BCUT2D eigenvalue weighted by molar-refractivity contribution is -0.138. The Labute approximate surface area is 147 Å². The molecule has 25 heavy (non-hydrogen) atoms. The summed E-state index contributed by atoms with van der Waals surface area (Å²) in [6, 6.07) is 5.93. The molecule has 0 spiro atoms. The molecule has 1 fully saturated rings. The van der Waals surface area contributed by atoms with Gasteiger partial charge in [-0.3, -0.25) is 13.9 Å². The number of amides is 1. The highest BCUT2D eigenvalue weighted by Gasteiger charge is 2.31. The first-order valence-electron chi connectivity index (χ1n) is 7.98. The van der Waals surface area contributed by atoms with E-state index in [2.05, 4.69) is 4.98 Å². The van der Waals surface area contributed by atoms with E-state index in [1.54, 1.807) is 24.6 Å². The summed E-state index contributed by atoms with van der Waals surface area (Å²) in [6.45, 7) is 2.15. The van der Waals surface area contributed by atoms with E-state index in [0.29, 0.717) is 11.2 Å². The molecule has 3 aromatic rings. The zero-order valence-corrected chi connectivity index (χ0v) is 14.7. The van der Waals surface area contributed by atoms with E-state index in [1.807, 2.05) is 25.1 Å². The third kappa shape index (κ3) is 2.66. The SMILES string of the molecule is Cc1ccc(-c2cnc3c(c2)n(CC(=O)N2CC(F)C2)c(=O)n3C)s1. The number of halogens is 1. The number of carbonyl (C=O) groups is 1. The molecule has 0 aliphatic carbocycles. The number of hydrogen-bond acceptors (Lipinski definition) is 4. The van der Waals surface area contributed by atoms with E-state index in [9.17, 15) is 14.0 Å². The van der Waals surface area contributed by atoms with Crippen LogP contribution in [0.25, 0.3) is 21.6 Å². The third-order valence-electron chi connectivity index (χ3n) is 4.48. The summed E-state index contributed by atoms with van der Waals surface area (Å²) in [5.41, 5.74) is 1.75. The number of carbonyl (C=O) groups excluding carboxylic acids is 1. The number of alkyl halides is 1. The van der Waals surface area contributed by atoms with Gasteiger partial charge in [-0.1, -0.05) is 0 Å². The molecule has 4 rings (SSSR count). The molecule has 0 bridgehead atoms. The van der Waals surface area contributed by atoms with Gasteiger partial charge in [-0.05, 0) is 25.1 Å². The van der Waals surface area contributed by atoms with Crippen LogP contribution in [0.3, 0.4) is 0 Å². The van der Waals surface area contributed by atoms with E-state index < -0.39 is 6.17 Å². The van der Waals surface area contributed by atoms with E-state index in [4.69, 9.17) is 0 Å². The predicted octanol–water partition coefficient (Wildman–Crippen LogP) is 1.95. The summed E-state index contributed by atoms with van der Waals surface area (Å²) < 4.78 is 15.8. The first-order chi connectivity index (χ1) is 11.9. The number of aromatic nitrogens is 3. The van der Waals surface area contributed by atoms with Crippen molar-refractivity contribution in [3.05, 3.63) is 39.8 Å². The summed E-state index contributed by atoms with van der Waals surface area (Å²) >= 11 is 1.65. The Morgan fingerprint density at radius 2 is 2.16 bits per heavy atom. The van der Waals surface area contributed by atoms with Crippen LogP contribution in [0, 0.1) is 6.92 Å². The number of fused-ring (bicyclic) bond motifs is 1. The lowest BCUT2D eigenvalue weighted by atomic mass is 10.2. The number of imidazole rings is 1. The molecule has 4 heterocycles. The second-order valence-electron chi connectivity index (χ2n) is 6.30. The van der Waals surface area contributed by atoms with Crippen LogP contribution in [0.5, 0.6) is 0 Å². The van der Waals surface area contributed by atoms with Crippen molar-refractivity contribution in [2.24, 2.45) is 7.05 Å². The Morgan fingerprint density at radius 3 is 2.80 bits per heavy atom. The van der Waals surface area contributed by atoms with E-state index in [-0.39, 0.29) is 31.2 Å². The molecule has 130 valence electrons. The summed E-state index contributed by atoms with van der Waals surface area (Å²) in [5, 5.41) is 0. The number of thiophene rings is 1. The monoisotopic (exact) mass is 360 g/mol. The van der Waals surface area contributed by atoms with E-state index in [0.717, 1.165) is 10.4 Å². The first kappa shape index (κ1) is 16.0. The maximum Gasteiger partial charge on any atom is 0.330 e. The number of likely N-dealkylation sites (tertiary alicyclic amines) is 1. The van der Waals surface area contributed by atoms with Crippen molar-refractivity contribution in [3.63, 3.8) is 0 Å². The fourth-order valence-corrected chi connectivity index (χ4v) is 3.87. The quantitative estimate of drug-likeness (QED) is 0.717. The molecule has 6 nitrogen and oxygen atoms in total. The van der Waals surface area contributed by atoms with E-state index >= 15 is 0 Å². The van der Waals surface area contributed by atoms with Gasteiger partial charge in [0.05, 0.1) is 18.6 Å². The minimum Gasteiger partial charge on any atom is -0.335 e. The Hall–Kier alpha value is -2.48. The van der Waals surface area contributed by atoms with Gasteiger partial charge in [-0.25, -0.2) is 14.2 Å². The van der Waals surface area contributed by atoms with Crippen LogP contribution in [-0.2, 0) is 18.4 Å². The van der Waals surface area contributed by atoms with Crippen LogP contribution in [0.1, 0.15) is 4.88 Å². The molecule has 0 unspecified atom stereocenters. The number of pyridine rings is 1. The van der Waals surface area contributed by atoms with Gasteiger partial charge in [0.15, 0.2) is 5.65 Å². The standard InChI is InChI=1S/C17H17FN4O2S/c1-10-3-4-14(25-10)11-5-13-16(19-6-11)20(2)17(24)22(13)9-15(23)21-7-12(18)8-21/h3-6,12H,7-9H2,1-2H3. The lowest BCUT2D eigenvalue weighted by Gasteiger charge is -2.34. The number of nitrogens with zero attached hydrogens (tertiary/aromatic N) is 4. The fourth-order valence-electron chi connectivity index (χ4n) is 3.02. The van der Waals surface area contributed by atoms with Crippen LogP contribution in [0.4, 0.5) is 4.39 Å². The molecule has 0 N–H and O–H groups in total.